The van der Waals surface area contributed by atoms with Gasteiger partial charge in [-0.1, -0.05) is 24.4 Å². The van der Waals surface area contributed by atoms with E-state index >= 15 is 0 Å². The first-order chi connectivity index (χ1) is 8.30. The number of aliphatic hydroxyl groups excluding tert-OH is 1. The van der Waals surface area contributed by atoms with E-state index in [9.17, 15) is 5.11 Å². The van der Waals surface area contributed by atoms with E-state index in [1.807, 2.05) is 0 Å². The van der Waals surface area contributed by atoms with Crippen LogP contribution in [0.2, 0.25) is 0 Å². The van der Waals surface area contributed by atoms with Gasteiger partial charge in [-0.25, -0.2) is 0 Å². The van der Waals surface area contributed by atoms with Crippen molar-refractivity contribution in [2.75, 3.05) is 32.8 Å². The Morgan fingerprint density at radius 3 is 2.76 bits per heavy atom. The minimum atomic E-state index is 0.304. The lowest BCUT2D eigenvalue weighted by atomic mass is 9.68. The maximum atomic E-state index is 9.56. The van der Waals surface area contributed by atoms with Crippen molar-refractivity contribution >= 4 is 0 Å². The van der Waals surface area contributed by atoms with Crippen molar-refractivity contribution in [1.29, 1.82) is 0 Å². The molecule has 0 unspecified atom stereocenters. The Labute approximate surface area is 102 Å². The summed E-state index contributed by atoms with van der Waals surface area (Å²) in [6.07, 6.45) is 6.48. The summed E-state index contributed by atoms with van der Waals surface area (Å²) in [6.45, 7) is 3.74. The van der Waals surface area contributed by atoms with E-state index in [1.54, 1.807) is 0 Å². The van der Waals surface area contributed by atoms with Gasteiger partial charge in [-0.3, -0.25) is 0 Å². The second-order valence-corrected chi connectivity index (χ2v) is 5.49. The highest BCUT2D eigenvalue weighted by Gasteiger charge is 2.45. The number of hydrogen-bond acceptors (Lipinski definition) is 3. The van der Waals surface area contributed by atoms with Gasteiger partial charge >= 0.3 is 0 Å². The minimum absolute atomic E-state index is 0.304. The Hall–Kier alpha value is -0.770. The van der Waals surface area contributed by atoms with Crippen LogP contribution in [0.4, 0.5) is 0 Å². The van der Waals surface area contributed by atoms with Crippen LogP contribution in [0.1, 0.15) is 32.1 Å². The molecule has 2 rings (SSSR count). The summed E-state index contributed by atoms with van der Waals surface area (Å²) in [5, 5.41) is 13.2. The van der Waals surface area contributed by atoms with Crippen molar-refractivity contribution in [3.8, 4) is 0 Å². The van der Waals surface area contributed by atoms with Gasteiger partial charge < -0.3 is 10.0 Å². The van der Waals surface area contributed by atoms with E-state index < -0.39 is 0 Å². The predicted octanol–water partition coefficient (Wildman–Crippen LogP) is 2.17. The Kier molecular flexibility index (Phi) is 4.26. The van der Waals surface area contributed by atoms with Gasteiger partial charge in [0.05, 0.1) is 0 Å². The molecule has 17 heavy (non-hydrogen) atoms. The summed E-state index contributed by atoms with van der Waals surface area (Å²) in [5.74, 6) is 0.425. The third kappa shape index (κ3) is 2.73. The van der Waals surface area contributed by atoms with Crippen molar-refractivity contribution in [2.24, 2.45) is 16.4 Å². The molecule has 5 nitrogen and oxygen atoms in total. The van der Waals surface area contributed by atoms with E-state index in [4.69, 9.17) is 5.53 Å². The first-order valence-electron chi connectivity index (χ1n) is 6.65. The van der Waals surface area contributed by atoms with Crippen LogP contribution in [0.3, 0.4) is 0 Å². The second kappa shape index (κ2) is 5.71. The fraction of sp³-hybridized carbons (Fsp3) is 1.00. The highest BCUT2D eigenvalue weighted by molar-refractivity contribution is 4.97. The van der Waals surface area contributed by atoms with Crippen LogP contribution >= 0.6 is 0 Å². The normalized spacial score (nSPS) is 28.2. The van der Waals surface area contributed by atoms with E-state index in [2.05, 4.69) is 14.9 Å². The third-order valence-corrected chi connectivity index (χ3v) is 4.53. The average Bonchev–Trinajstić information content (AvgIpc) is 2.68. The lowest BCUT2D eigenvalue weighted by Gasteiger charge is -2.37. The van der Waals surface area contributed by atoms with Gasteiger partial charge in [-0.15, -0.1) is 0 Å². The summed E-state index contributed by atoms with van der Waals surface area (Å²) < 4.78 is 0. The van der Waals surface area contributed by atoms with Crippen LogP contribution in [0, 0.1) is 11.3 Å². The fourth-order valence-corrected chi connectivity index (χ4v) is 3.62. The van der Waals surface area contributed by atoms with E-state index in [0.29, 0.717) is 24.5 Å². The Balaban J connectivity index is 1.95. The molecule has 5 heteroatoms. The van der Waals surface area contributed by atoms with Crippen molar-refractivity contribution in [3.05, 3.63) is 10.4 Å². The second-order valence-electron chi connectivity index (χ2n) is 5.49. The number of hydrogen-bond donors (Lipinski definition) is 1. The maximum Gasteiger partial charge on any atom is 0.0477 e. The van der Waals surface area contributed by atoms with Crippen LogP contribution in [0.25, 0.3) is 10.4 Å². The molecular formula is C12H22N4O. The first kappa shape index (κ1) is 12.7. The van der Waals surface area contributed by atoms with E-state index in [1.165, 1.54) is 32.1 Å². The number of rotatable bonds is 4. The molecule has 0 amide bonds. The van der Waals surface area contributed by atoms with E-state index in [0.717, 1.165) is 19.6 Å². The zero-order valence-corrected chi connectivity index (χ0v) is 10.4. The zero-order chi connectivity index (χ0) is 12.1. The largest absolute Gasteiger partial charge is 0.396 e. The van der Waals surface area contributed by atoms with Gasteiger partial charge in [-0.2, -0.15) is 0 Å². The summed E-state index contributed by atoms with van der Waals surface area (Å²) in [5.41, 5.74) is 8.63. The molecule has 0 aromatic heterocycles. The molecule has 1 aliphatic carbocycles. The van der Waals surface area contributed by atoms with Gasteiger partial charge in [0, 0.05) is 43.6 Å². The Morgan fingerprint density at radius 2 is 2.12 bits per heavy atom. The van der Waals surface area contributed by atoms with Gasteiger partial charge in [-0.05, 0) is 23.8 Å². The number of azide groups is 1. The molecule has 1 heterocycles. The van der Waals surface area contributed by atoms with Crippen LogP contribution < -0.4 is 0 Å². The van der Waals surface area contributed by atoms with Crippen LogP contribution in [-0.4, -0.2) is 42.8 Å². The van der Waals surface area contributed by atoms with Crippen molar-refractivity contribution in [1.82, 2.24) is 4.90 Å². The lowest BCUT2D eigenvalue weighted by molar-refractivity contribution is 0.0917. The molecule has 0 aromatic carbocycles. The summed E-state index contributed by atoms with van der Waals surface area (Å²) >= 11 is 0. The van der Waals surface area contributed by atoms with Crippen molar-refractivity contribution in [2.45, 2.75) is 32.1 Å². The number of nitrogens with zero attached hydrogens (tertiary/aromatic N) is 4. The summed E-state index contributed by atoms with van der Waals surface area (Å²) in [6, 6.07) is 0. The fourth-order valence-electron chi connectivity index (χ4n) is 3.62. The van der Waals surface area contributed by atoms with E-state index in [-0.39, 0.29) is 0 Å². The monoisotopic (exact) mass is 238 g/mol. The van der Waals surface area contributed by atoms with Crippen LogP contribution in [-0.2, 0) is 0 Å². The molecule has 0 radical (unpaired) electrons. The molecule has 0 bridgehead atoms. The Morgan fingerprint density at radius 1 is 1.35 bits per heavy atom. The predicted molar refractivity (Wildman–Crippen MR) is 66.5 cm³/mol. The summed E-state index contributed by atoms with van der Waals surface area (Å²) in [7, 11) is 0. The lowest BCUT2D eigenvalue weighted by Crippen LogP contribution is -2.34. The zero-order valence-electron chi connectivity index (χ0n) is 10.4. The maximum absolute atomic E-state index is 9.56. The number of likely N-dealkylation sites (tertiary alicyclic amines) is 1. The smallest absolute Gasteiger partial charge is 0.0477 e. The van der Waals surface area contributed by atoms with Gasteiger partial charge in [0.25, 0.3) is 0 Å². The molecule has 1 N–H and O–H groups in total. The number of aliphatic hydroxyl groups is 1. The molecule has 2 aliphatic rings. The van der Waals surface area contributed by atoms with Gasteiger partial charge in [0.1, 0.15) is 0 Å². The molecule has 1 aliphatic heterocycles. The molecular weight excluding hydrogens is 216 g/mol. The molecule has 1 spiro atoms. The highest BCUT2D eigenvalue weighted by Crippen LogP contribution is 2.47. The molecule has 0 aromatic rings. The van der Waals surface area contributed by atoms with Crippen LogP contribution in [0.15, 0.2) is 5.11 Å². The quantitative estimate of drug-likeness (QED) is 0.463. The molecule has 96 valence electrons. The summed E-state index contributed by atoms with van der Waals surface area (Å²) in [4.78, 5) is 5.15. The first-order valence-corrected chi connectivity index (χ1v) is 6.65. The topological polar surface area (TPSA) is 72.2 Å². The molecule has 1 saturated carbocycles. The highest BCUT2D eigenvalue weighted by atomic mass is 16.3. The third-order valence-electron chi connectivity index (χ3n) is 4.53. The minimum Gasteiger partial charge on any atom is -0.396 e. The SMILES string of the molecule is [N-]=[N+]=NCCN1C[C@H](CO)C2(CCCCC2)C1. The standard InChI is InChI=1S/C12H22N4O/c13-15-14-6-7-16-8-11(9-17)12(10-16)4-2-1-3-5-12/h11,17H,1-10H2/t11-/m1/s1. The molecule has 1 atom stereocenters. The van der Waals surface area contributed by atoms with Crippen molar-refractivity contribution in [3.63, 3.8) is 0 Å². The molecule has 2 fully saturated rings. The average molecular weight is 238 g/mol. The van der Waals surface area contributed by atoms with Gasteiger partial charge in [0.2, 0.25) is 0 Å². The van der Waals surface area contributed by atoms with Crippen molar-refractivity contribution < 1.29 is 5.11 Å². The van der Waals surface area contributed by atoms with Crippen LogP contribution in [0.5, 0.6) is 0 Å². The molecule has 1 saturated heterocycles. The Bertz CT molecular complexity index is 295. The van der Waals surface area contributed by atoms with Gasteiger partial charge in [0.15, 0.2) is 0 Å².